The minimum absolute atomic E-state index is 0.251. The van der Waals surface area contributed by atoms with Crippen LogP contribution in [0.1, 0.15) is 12.5 Å². The van der Waals surface area contributed by atoms with Gasteiger partial charge in [-0.05, 0) is 50.2 Å². The average Bonchev–Trinajstić information content (AvgIpc) is 2.98. The van der Waals surface area contributed by atoms with Crippen LogP contribution < -0.4 is 9.80 Å². The molecule has 0 aliphatic carbocycles. The van der Waals surface area contributed by atoms with Gasteiger partial charge >= 0.3 is 6.03 Å². The summed E-state index contributed by atoms with van der Waals surface area (Å²) in [4.78, 5) is 44.7. The lowest BCUT2D eigenvalue weighted by atomic mass is 10.2. The van der Waals surface area contributed by atoms with Crippen molar-refractivity contribution in [2.75, 3.05) is 42.5 Å². The van der Waals surface area contributed by atoms with Crippen LogP contribution in [-0.2, 0) is 9.59 Å². The van der Waals surface area contributed by atoms with E-state index in [1.807, 2.05) is 19.1 Å². The first kappa shape index (κ1) is 20.8. The molecule has 2 aliphatic heterocycles. The van der Waals surface area contributed by atoms with Crippen LogP contribution in [0.2, 0.25) is 0 Å². The van der Waals surface area contributed by atoms with E-state index in [0.29, 0.717) is 31.9 Å². The summed E-state index contributed by atoms with van der Waals surface area (Å²) in [7, 11) is 0. The monoisotopic (exact) mass is 424 g/mol. The Hall–Kier alpha value is -3.42. The van der Waals surface area contributed by atoms with E-state index in [1.165, 1.54) is 17.0 Å². The fraction of sp³-hybridized carbons (Fsp3) is 0.348. The summed E-state index contributed by atoms with van der Waals surface area (Å²) in [5.41, 5.74) is 2.60. The summed E-state index contributed by atoms with van der Waals surface area (Å²) in [5, 5.41) is 0. The second-order valence-corrected chi connectivity index (χ2v) is 7.93. The van der Waals surface area contributed by atoms with Gasteiger partial charge in [-0.2, -0.15) is 0 Å². The van der Waals surface area contributed by atoms with Crippen molar-refractivity contribution in [1.29, 1.82) is 0 Å². The van der Waals surface area contributed by atoms with Crippen LogP contribution in [0.3, 0.4) is 0 Å². The van der Waals surface area contributed by atoms with E-state index >= 15 is 0 Å². The molecule has 0 spiro atoms. The Labute approximate surface area is 180 Å². The van der Waals surface area contributed by atoms with Gasteiger partial charge in [0.1, 0.15) is 18.4 Å². The molecular weight excluding hydrogens is 399 g/mol. The lowest BCUT2D eigenvalue weighted by Gasteiger charge is -2.36. The summed E-state index contributed by atoms with van der Waals surface area (Å²) in [6.07, 6.45) is 0. The van der Waals surface area contributed by atoms with E-state index in [2.05, 4.69) is 4.90 Å². The third kappa shape index (κ3) is 4.10. The zero-order valence-corrected chi connectivity index (χ0v) is 17.6. The predicted molar refractivity (Wildman–Crippen MR) is 115 cm³/mol. The average molecular weight is 424 g/mol. The molecule has 7 nitrogen and oxygen atoms in total. The second kappa shape index (κ2) is 8.37. The Morgan fingerprint density at radius 3 is 2.13 bits per heavy atom. The maximum atomic E-state index is 13.1. The van der Waals surface area contributed by atoms with Crippen molar-refractivity contribution < 1.29 is 18.8 Å². The number of halogens is 1. The maximum Gasteiger partial charge on any atom is 0.332 e. The van der Waals surface area contributed by atoms with Crippen LogP contribution in [0.25, 0.3) is 0 Å². The van der Waals surface area contributed by atoms with Crippen molar-refractivity contribution in [2.45, 2.75) is 19.9 Å². The third-order valence-electron chi connectivity index (χ3n) is 5.88. The number of aryl methyl sites for hydroxylation is 1. The normalized spacial score (nSPS) is 19.4. The van der Waals surface area contributed by atoms with Crippen molar-refractivity contribution in [2.24, 2.45) is 0 Å². The molecule has 31 heavy (non-hydrogen) atoms. The number of benzene rings is 2. The first-order valence-corrected chi connectivity index (χ1v) is 10.3. The highest BCUT2D eigenvalue weighted by Crippen LogP contribution is 2.26. The Kier molecular flexibility index (Phi) is 5.63. The molecule has 4 amide bonds. The van der Waals surface area contributed by atoms with Gasteiger partial charge in [0.05, 0.1) is 0 Å². The first-order chi connectivity index (χ1) is 14.8. The molecular formula is C23H25FN4O3. The van der Waals surface area contributed by atoms with Crippen LogP contribution >= 0.6 is 0 Å². The van der Waals surface area contributed by atoms with Gasteiger partial charge in [0.15, 0.2) is 0 Å². The minimum atomic E-state index is -0.654. The van der Waals surface area contributed by atoms with Gasteiger partial charge < -0.3 is 9.80 Å². The van der Waals surface area contributed by atoms with Crippen LogP contribution in [0.15, 0.2) is 48.5 Å². The van der Waals surface area contributed by atoms with E-state index < -0.39 is 12.1 Å². The zero-order valence-electron chi connectivity index (χ0n) is 17.6. The number of amides is 4. The van der Waals surface area contributed by atoms with Gasteiger partial charge in [-0.3, -0.25) is 19.4 Å². The number of piperazine rings is 1. The molecule has 0 radical (unpaired) electrons. The number of carbonyl (C=O) groups excluding carboxylic acids is 3. The zero-order chi connectivity index (χ0) is 22.1. The van der Waals surface area contributed by atoms with E-state index in [4.69, 9.17) is 0 Å². The van der Waals surface area contributed by atoms with Crippen molar-refractivity contribution >= 4 is 29.2 Å². The molecule has 2 aromatic carbocycles. The highest BCUT2D eigenvalue weighted by molar-refractivity contribution is 6.15. The van der Waals surface area contributed by atoms with Crippen LogP contribution in [0.5, 0.6) is 0 Å². The lowest BCUT2D eigenvalue weighted by molar-refractivity contribution is -0.137. The highest BCUT2D eigenvalue weighted by atomic mass is 19.1. The summed E-state index contributed by atoms with van der Waals surface area (Å²) < 4.78 is 13.1. The van der Waals surface area contributed by atoms with Crippen molar-refractivity contribution in [3.05, 3.63) is 59.9 Å². The van der Waals surface area contributed by atoms with Gasteiger partial charge in [0.2, 0.25) is 5.91 Å². The number of nitrogens with zero attached hydrogens (tertiary/aromatic N) is 4. The van der Waals surface area contributed by atoms with Crippen molar-refractivity contribution in [1.82, 2.24) is 9.80 Å². The van der Waals surface area contributed by atoms with Gasteiger partial charge in [-0.15, -0.1) is 0 Å². The summed E-state index contributed by atoms with van der Waals surface area (Å²) in [6.45, 7) is 5.52. The summed E-state index contributed by atoms with van der Waals surface area (Å²) in [5.74, 6) is -0.909. The molecule has 162 valence electrons. The SMILES string of the molecule is Cc1ccc(N2C(=O)N(CC(=O)N3CCN(c4ccc(F)cc4)CC3)C(=O)[C@H]2C)cc1. The van der Waals surface area contributed by atoms with Gasteiger partial charge in [0, 0.05) is 37.6 Å². The number of anilines is 2. The van der Waals surface area contributed by atoms with Crippen LogP contribution in [0, 0.1) is 12.7 Å². The molecule has 1 atom stereocenters. The molecule has 0 N–H and O–H groups in total. The molecule has 2 fully saturated rings. The largest absolute Gasteiger partial charge is 0.368 e. The third-order valence-corrected chi connectivity index (χ3v) is 5.88. The molecule has 0 bridgehead atoms. The molecule has 0 saturated carbocycles. The van der Waals surface area contributed by atoms with E-state index in [1.54, 1.807) is 36.1 Å². The molecule has 0 aromatic heterocycles. The summed E-state index contributed by atoms with van der Waals surface area (Å²) in [6, 6.07) is 12.5. The first-order valence-electron chi connectivity index (χ1n) is 10.3. The number of rotatable bonds is 4. The molecule has 4 rings (SSSR count). The number of hydrogen-bond donors (Lipinski definition) is 0. The molecule has 2 aromatic rings. The smallest absolute Gasteiger partial charge is 0.332 e. The van der Waals surface area contributed by atoms with E-state index in [0.717, 1.165) is 16.2 Å². The highest BCUT2D eigenvalue weighted by Gasteiger charge is 2.44. The summed E-state index contributed by atoms with van der Waals surface area (Å²) >= 11 is 0. The molecule has 2 aliphatic rings. The van der Waals surface area contributed by atoms with Crippen molar-refractivity contribution in [3.8, 4) is 0 Å². The molecule has 2 heterocycles. The Balaban J connectivity index is 1.38. The standard InChI is InChI=1S/C23H25FN4O3/c1-16-3-7-20(8-4-16)28-17(2)22(30)27(23(28)31)15-21(29)26-13-11-25(12-14-26)19-9-5-18(24)6-10-19/h3-10,17H,11-15H2,1-2H3/t17-/m1/s1. The number of imide groups is 1. The van der Waals surface area contributed by atoms with E-state index in [-0.39, 0.29) is 24.2 Å². The lowest BCUT2D eigenvalue weighted by Crippen LogP contribution is -2.52. The number of urea groups is 1. The van der Waals surface area contributed by atoms with Gasteiger partial charge in [0.25, 0.3) is 5.91 Å². The number of carbonyl (C=O) groups is 3. The minimum Gasteiger partial charge on any atom is -0.368 e. The Morgan fingerprint density at radius 1 is 0.935 bits per heavy atom. The Morgan fingerprint density at radius 2 is 1.52 bits per heavy atom. The molecule has 2 saturated heterocycles. The van der Waals surface area contributed by atoms with E-state index in [9.17, 15) is 18.8 Å². The number of hydrogen-bond acceptors (Lipinski definition) is 4. The fourth-order valence-electron chi connectivity index (χ4n) is 4.01. The Bertz CT molecular complexity index is 985. The van der Waals surface area contributed by atoms with Gasteiger partial charge in [-0.25, -0.2) is 9.18 Å². The predicted octanol–water partition coefficient (Wildman–Crippen LogP) is 2.64. The molecule has 8 heteroatoms. The van der Waals surface area contributed by atoms with Gasteiger partial charge in [-0.1, -0.05) is 17.7 Å². The van der Waals surface area contributed by atoms with Crippen LogP contribution in [-0.4, -0.2) is 66.4 Å². The fourth-order valence-corrected chi connectivity index (χ4v) is 4.01. The molecule has 0 unspecified atom stereocenters. The van der Waals surface area contributed by atoms with Crippen molar-refractivity contribution in [3.63, 3.8) is 0 Å². The van der Waals surface area contributed by atoms with Crippen LogP contribution in [0.4, 0.5) is 20.6 Å². The quantitative estimate of drug-likeness (QED) is 0.708. The maximum absolute atomic E-state index is 13.1. The second-order valence-electron chi connectivity index (χ2n) is 7.93. The topological polar surface area (TPSA) is 64.2 Å².